The summed E-state index contributed by atoms with van der Waals surface area (Å²) in [5, 5.41) is -0.282. The summed E-state index contributed by atoms with van der Waals surface area (Å²) in [6.45, 7) is 0. The van der Waals surface area contributed by atoms with Crippen LogP contribution in [0.2, 0.25) is 0 Å². The number of hydrogen-bond acceptors (Lipinski definition) is 0. The molecule has 44 heavy (non-hydrogen) atoms. The second-order valence-corrected chi connectivity index (χ2v) is 10.1. The Morgan fingerprint density at radius 2 is 1.00 bits per heavy atom. The molecule has 0 N–H and O–H groups in total. The zero-order valence-corrected chi connectivity index (χ0v) is 22.8. The molecule has 0 atom stereocenters. The Balaban J connectivity index is 1.51. The van der Waals surface area contributed by atoms with Crippen molar-refractivity contribution >= 4 is 43.6 Å². The van der Waals surface area contributed by atoms with Crippen molar-refractivity contribution in [1.82, 2.24) is 9.13 Å². The van der Waals surface area contributed by atoms with Crippen molar-refractivity contribution in [3.8, 4) is 33.6 Å². The Labute approximate surface area is 278 Å². The SMILES string of the molecule is [2H]c1ccc(-c2c([2H])ccc(-n3c4c([2H])c([2H])c([2H])c([2H])c4c4c5c6c([2H])c([2H])c([2H])c([2H])c6n(-c6ccc(-c7ccc([2H])c([2H])c7)c([2H])c6)c5c([2H])c([2H])c43)c2[2H])cc1. The fourth-order valence-electron chi connectivity index (χ4n) is 5.83. The van der Waals surface area contributed by atoms with Crippen molar-refractivity contribution in [3.05, 3.63) is 169 Å². The van der Waals surface area contributed by atoms with Gasteiger partial charge in [0.05, 0.1) is 44.0 Å². The Kier molecular flexibility index (Phi) is 3.05. The smallest absolute Gasteiger partial charge is 0.0651 e. The molecule has 0 aliphatic carbocycles. The lowest BCUT2D eigenvalue weighted by Gasteiger charge is -2.11. The van der Waals surface area contributed by atoms with E-state index < -0.39 is 60.4 Å². The highest BCUT2D eigenvalue weighted by atomic mass is 15.0. The molecule has 0 amide bonds. The van der Waals surface area contributed by atoms with Crippen LogP contribution in [0.4, 0.5) is 0 Å². The number of fused-ring (bicyclic) bond motifs is 7. The second kappa shape index (κ2) is 9.86. The number of aromatic nitrogens is 2. The van der Waals surface area contributed by atoms with E-state index in [9.17, 15) is 9.60 Å². The summed E-state index contributed by atoms with van der Waals surface area (Å²) in [6.07, 6.45) is 0. The van der Waals surface area contributed by atoms with Gasteiger partial charge in [0.25, 0.3) is 0 Å². The molecular formula is C42H28N2. The van der Waals surface area contributed by atoms with E-state index >= 15 is 0 Å². The van der Waals surface area contributed by atoms with Gasteiger partial charge < -0.3 is 9.13 Å². The van der Waals surface area contributed by atoms with E-state index in [1.807, 2.05) is 0 Å². The number of hydrogen-bond donors (Lipinski definition) is 0. The quantitative estimate of drug-likeness (QED) is 0.197. The van der Waals surface area contributed by atoms with Gasteiger partial charge in [-0.3, -0.25) is 0 Å². The fourth-order valence-corrected chi connectivity index (χ4v) is 5.83. The summed E-state index contributed by atoms with van der Waals surface area (Å²) < 4.78 is 145. The third kappa shape index (κ3) is 3.75. The molecule has 7 aromatic carbocycles. The van der Waals surface area contributed by atoms with Crippen molar-refractivity contribution in [2.75, 3.05) is 0 Å². The largest absolute Gasteiger partial charge is 0.309 e. The predicted molar refractivity (Wildman–Crippen MR) is 186 cm³/mol. The Hall–Kier alpha value is -5.86. The maximum atomic E-state index is 9.65. The molecule has 0 bridgehead atoms. The fraction of sp³-hybridized carbons (Fsp3) is 0. The van der Waals surface area contributed by atoms with E-state index in [4.69, 9.17) is 12.3 Å². The van der Waals surface area contributed by atoms with Gasteiger partial charge in [-0.1, -0.05) is 121 Å². The number of nitrogens with zero attached hydrogens (tertiary/aromatic N) is 2. The normalized spacial score (nSPS) is 16.7. The van der Waals surface area contributed by atoms with E-state index in [0.717, 1.165) is 0 Å². The van der Waals surface area contributed by atoms with Crippen LogP contribution in [0.15, 0.2) is 169 Å². The van der Waals surface area contributed by atoms with Gasteiger partial charge in [0, 0.05) is 32.9 Å². The maximum absolute atomic E-state index is 9.65. The maximum Gasteiger partial charge on any atom is 0.0651 e. The Morgan fingerprint density at radius 1 is 0.364 bits per heavy atom. The highest BCUT2D eigenvalue weighted by molar-refractivity contribution is 6.28. The van der Waals surface area contributed by atoms with Crippen LogP contribution < -0.4 is 0 Å². The minimum atomic E-state index is -0.626. The molecule has 0 aliphatic rings. The minimum absolute atomic E-state index is 0.000359. The molecule has 2 nitrogen and oxygen atoms in total. The zero-order chi connectivity index (χ0) is 43.0. The van der Waals surface area contributed by atoms with Crippen molar-refractivity contribution < 1.29 is 21.9 Å². The topological polar surface area (TPSA) is 9.86 Å². The van der Waals surface area contributed by atoms with Crippen molar-refractivity contribution in [2.24, 2.45) is 0 Å². The first-order chi connectivity index (χ1) is 28.5. The van der Waals surface area contributed by atoms with Crippen molar-refractivity contribution in [3.63, 3.8) is 0 Å². The summed E-state index contributed by atoms with van der Waals surface area (Å²) in [6, 6.07) is 12.3. The molecule has 9 rings (SSSR count). The zero-order valence-electron chi connectivity index (χ0n) is 38.8. The lowest BCUT2D eigenvalue weighted by atomic mass is 10.0. The van der Waals surface area contributed by atoms with Crippen LogP contribution in [0.1, 0.15) is 21.9 Å². The van der Waals surface area contributed by atoms with Gasteiger partial charge in [-0.05, 0) is 70.7 Å². The van der Waals surface area contributed by atoms with Gasteiger partial charge in [-0.2, -0.15) is 0 Å². The van der Waals surface area contributed by atoms with E-state index in [-0.39, 0.29) is 96.8 Å². The first kappa shape index (κ1) is 13.6. The van der Waals surface area contributed by atoms with Crippen LogP contribution in [0, 0.1) is 0 Å². The summed E-state index contributed by atoms with van der Waals surface area (Å²) in [4.78, 5) is 0. The highest BCUT2D eigenvalue weighted by Gasteiger charge is 2.20. The van der Waals surface area contributed by atoms with Crippen LogP contribution in [0.3, 0.4) is 0 Å². The van der Waals surface area contributed by atoms with Gasteiger partial charge in [-0.15, -0.1) is 0 Å². The molecule has 0 fully saturated rings. The first-order valence-corrected chi connectivity index (χ1v) is 13.8. The first-order valence-electron chi connectivity index (χ1n) is 21.8. The molecule has 2 heterocycles. The molecule has 0 unspecified atom stereocenters. The lowest BCUT2D eigenvalue weighted by molar-refractivity contribution is 1.17. The van der Waals surface area contributed by atoms with Gasteiger partial charge in [0.15, 0.2) is 0 Å². The molecule has 0 saturated heterocycles. The highest BCUT2D eigenvalue weighted by Crippen LogP contribution is 2.42. The minimum Gasteiger partial charge on any atom is -0.309 e. The van der Waals surface area contributed by atoms with Gasteiger partial charge in [0.2, 0.25) is 0 Å². The summed E-state index contributed by atoms with van der Waals surface area (Å²) in [5.74, 6) is 0. The monoisotopic (exact) mass is 576 g/mol. The molecule has 0 saturated carbocycles. The van der Waals surface area contributed by atoms with Crippen LogP contribution in [0.25, 0.3) is 77.2 Å². The number of rotatable bonds is 4. The van der Waals surface area contributed by atoms with Gasteiger partial charge in [-0.25, -0.2) is 0 Å². The molecule has 9 aromatic rings. The molecule has 0 spiro atoms. The lowest BCUT2D eigenvalue weighted by Crippen LogP contribution is -1.95. The van der Waals surface area contributed by atoms with Crippen LogP contribution >= 0.6 is 0 Å². The Morgan fingerprint density at radius 3 is 1.68 bits per heavy atom. The molecule has 2 heteroatoms. The van der Waals surface area contributed by atoms with Crippen molar-refractivity contribution in [2.45, 2.75) is 0 Å². The average Bonchev–Trinajstić information content (AvgIpc) is 3.76. The second-order valence-electron chi connectivity index (χ2n) is 10.1. The van der Waals surface area contributed by atoms with Gasteiger partial charge >= 0.3 is 0 Å². The van der Waals surface area contributed by atoms with Crippen LogP contribution in [0.5, 0.6) is 0 Å². The number of para-hydroxylation sites is 2. The molecule has 0 aliphatic heterocycles. The van der Waals surface area contributed by atoms with Crippen molar-refractivity contribution in [1.29, 1.82) is 0 Å². The molecule has 2 aromatic heterocycles. The van der Waals surface area contributed by atoms with E-state index in [2.05, 4.69) is 0 Å². The molecule has 206 valence electrons. The molecule has 0 radical (unpaired) electrons. The summed E-state index contributed by atoms with van der Waals surface area (Å²) in [5.41, 5.74) is 1.11. The molecular weight excluding hydrogens is 532 g/mol. The predicted octanol–water partition coefficient (Wildman–Crippen LogP) is 11.2. The summed E-state index contributed by atoms with van der Waals surface area (Å²) >= 11 is 0. The standard InChI is InChI=1S/C42H28N2/c1-3-12-29(13-4-1)31-22-24-33(25-23-31)43-37-20-9-7-18-35(37)41-39(43)26-27-40-42(41)36-19-8-10-21-38(36)44(40)34-17-11-16-32(28-34)30-14-5-2-6-15-30/h1-28H/i1D,2D,3D,7D,8D,9D,10D,16D,18D,19D,20D,21D,22D,26D,27D,28D. The van der Waals surface area contributed by atoms with E-state index in [0.29, 0.717) is 16.7 Å². The van der Waals surface area contributed by atoms with Crippen LogP contribution in [-0.2, 0) is 0 Å². The third-order valence-corrected chi connectivity index (χ3v) is 7.75. The average molecular weight is 577 g/mol. The Bertz CT molecular complexity index is 3390. The summed E-state index contributed by atoms with van der Waals surface area (Å²) in [7, 11) is 0. The van der Waals surface area contributed by atoms with Gasteiger partial charge in [0.1, 0.15) is 0 Å². The number of benzene rings is 7. The van der Waals surface area contributed by atoms with E-state index in [1.54, 1.807) is 30.3 Å². The van der Waals surface area contributed by atoms with E-state index in [1.165, 1.54) is 51.6 Å². The third-order valence-electron chi connectivity index (χ3n) is 7.75. The van der Waals surface area contributed by atoms with Crippen LogP contribution in [-0.4, -0.2) is 9.13 Å².